The molecule has 11 rings (SSSR count). The molecule has 5 aliphatic rings. The molecule has 1 saturated carbocycles. The van der Waals surface area contributed by atoms with Crippen LogP contribution < -0.4 is 30.3 Å². The van der Waals surface area contributed by atoms with Crippen LogP contribution in [0.3, 0.4) is 0 Å². The van der Waals surface area contributed by atoms with Crippen molar-refractivity contribution in [1.82, 2.24) is 40.4 Å². The summed E-state index contributed by atoms with van der Waals surface area (Å²) >= 11 is 1.60. The number of aryl methyl sites for hydroxylation is 1. The van der Waals surface area contributed by atoms with Gasteiger partial charge in [0.25, 0.3) is 5.88 Å². The Kier molecular flexibility index (Phi) is 15.4. The molecule has 8 heterocycles. The molecular weight excluding hydrogens is 995 g/mol. The van der Waals surface area contributed by atoms with Gasteiger partial charge in [0, 0.05) is 74.3 Å². The average Bonchev–Trinajstić information content (AvgIpc) is 4.22. The van der Waals surface area contributed by atoms with Gasteiger partial charge in [-0.15, -0.1) is 21.5 Å². The number of β-amino-alcohol motifs (C(OH)–C–C–N with tert-alkyl or cyclic N) is 1. The van der Waals surface area contributed by atoms with Crippen LogP contribution in [0.15, 0.2) is 89.0 Å². The molecule has 4 saturated heterocycles. The number of rotatable bonds is 18. The number of nitrogens with one attached hydrogen (secondary N) is 1. The van der Waals surface area contributed by atoms with Crippen LogP contribution in [0.1, 0.15) is 101 Å². The Bertz CT molecular complexity index is 3000. The van der Waals surface area contributed by atoms with E-state index in [-0.39, 0.29) is 48.6 Å². The summed E-state index contributed by atoms with van der Waals surface area (Å²) in [5, 5.41) is 37.1. The molecule has 19 heteroatoms. The highest BCUT2D eigenvalue weighted by Gasteiger charge is 2.44. The van der Waals surface area contributed by atoms with E-state index in [0.717, 1.165) is 111 Å². The summed E-state index contributed by atoms with van der Waals surface area (Å²) in [5.41, 5.74) is 14.5. The fourth-order valence-electron chi connectivity index (χ4n) is 12.5. The number of thiazole rings is 1. The molecule has 2 bridgehead atoms. The predicted molar refractivity (Wildman–Crippen MR) is 295 cm³/mol. The first-order chi connectivity index (χ1) is 37.3. The van der Waals surface area contributed by atoms with Crippen LogP contribution >= 0.6 is 11.3 Å². The molecule has 1 unspecified atom stereocenters. The first kappa shape index (κ1) is 52.2. The number of phenolic OH excluding ortho intramolecular Hbond substituents is 1. The summed E-state index contributed by atoms with van der Waals surface area (Å²) < 4.78 is 18.4. The Morgan fingerprint density at radius 2 is 1.66 bits per heavy atom. The molecular formula is C58H71N11O7S. The van der Waals surface area contributed by atoms with E-state index in [1.807, 2.05) is 81.9 Å². The second-order valence-corrected chi connectivity index (χ2v) is 23.2. The monoisotopic (exact) mass is 1070 g/mol. The highest BCUT2D eigenvalue weighted by Crippen LogP contribution is 2.41. The molecule has 4 aliphatic heterocycles. The zero-order valence-electron chi connectivity index (χ0n) is 44.4. The number of likely N-dealkylation sites (tertiary alicyclic amines) is 2. The highest BCUT2D eigenvalue weighted by atomic mass is 32.1. The van der Waals surface area contributed by atoms with Crippen molar-refractivity contribution in [2.75, 3.05) is 61.4 Å². The molecule has 1 aliphatic carbocycles. The first-order valence-electron chi connectivity index (χ1n) is 27.5. The van der Waals surface area contributed by atoms with Crippen LogP contribution in [0.25, 0.3) is 21.7 Å². The number of aromatic hydroxyl groups is 1. The minimum Gasteiger partial charge on any atom is -0.507 e. The smallest absolute Gasteiger partial charge is 0.254 e. The number of aliphatic hydroxyl groups is 1. The molecule has 4 aromatic heterocycles. The molecule has 5 N–H and O–H groups in total. The number of aliphatic hydroxyl groups excluding tert-OH is 1. The quantitative estimate of drug-likeness (QED) is 0.0640. The maximum absolute atomic E-state index is 14.3. The van der Waals surface area contributed by atoms with Gasteiger partial charge in [0.15, 0.2) is 11.6 Å². The largest absolute Gasteiger partial charge is 0.507 e. The molecule has 2 amide bonds. The maximum atomic E-state index is 14.3. The number of nitrogens with zero attached hydrogens (tertiary/aromatic N) is 9. The summed E-state index contributed by atoms with van der Waals surface area (Å²) in [5.74, 6) is 1.68. The van der Waals surface area contributed by atoms with Gasteiger partial charge in [0.1, 0.15) is 23.8 Å². The number of pyridine rings is 1. The summed E-state index contributed by atoms with van der Waals surface area (Å²) in [4.78, 5) is 47.1. The lowest BCUT2D eigenvalue weighted by molar-refractivity contribution is -0.141. The molecule has 406 valence electrons. The topological polar surface area (TPSA) is 222 Å². The van der Waals surface area contributed by atoms with Crippen LogP contribution in [-0.4, -0.2) is 133 Å². The number of benzene rings is 2. The number of carbonyl (C=O) groups is 2. The molecule has 6 atom stereocenters. The van der Waals surface area contributed by atoms with E-state index < -0.39 is 18.1 Å². The summed E-state index contributed by atoms with van der Waals surface area (Å²) in [6.45, 7) is 13.2. The first-order valence-corrected chi connectivity index (χ1v) is 28.4. The van der Waals surface area contributed by atoms with Gasteiger partial charge in [-0.2, -0.15) is 0 Å². The number of phenols is 1. The second kappa shape index (κ2) is 22.6. The number of piperazine rings is 1. The van der Waals surface area contributed by atoms with Crippen molar-refractivity contribution in [2.45, 2.75) is 121 Å². The van der Waals surface area contributed by atoms with E-state index in [2.05, 4.69) is 57.5 Å². The lowest BCUT2D eigenvalue weighted by Crippen LogP contribution is -2.54. The van der Waals surface area contributed by atoms with Crippen molar-refractivity contribution in [3.63, 3.8) is 0 Å². The number of nitrogens with two attached hydrogens (primary N) is 1. The Balaban J connectivity index is 0.601. The number of hydrogen-bond donors (Lipinski definition) is 4. The number of nitrogen functional groups attached to an aromatic ring is 1. The van der Waals surface area contributed by atoms with Crippen molar-refractivity contribution in [1.29, 1.82) is 0 Å². The lowest BCUT2D eigenvalue weighted by atomic mass is 9.81. The van der Waals surface area contributed by atoms with Gasteiger partial charge in [-0.1, -0.05) is 50.2 Å². The van der Waals surface area contributed by atoms with Gasteiger partial charge in [0.05, 0.1) is 46.2 Å². The minimum atomic E-state index is -0.819. The highest BCUT2D eigenvalue weighted by molar-refractivity contribution is 7.13. The van der Waals surface area contributed by atoms with E-state index in [9.17, 15) is 19.8 Å². The van der Waals surface area contributed by atoms with E-state index in [4.69, 9.17) is 19.7 Å². The van der Waals surface area contributed by atoms with Crippen molar-refractivity contribution < 1.29 is 33.8 Å². The van der Waals surface area contributed by atoms with Gasteiger partial charge in [-0.3, -0.25) is 9.59 Å². The van der Waals surface area contributed by atoms with E-state index >= 15 is 0 Å². The minimum absolute atomic E-state index is 0.0638. The number of fused-ring (bicyclic) bond motifs is 2. The Labute approximate surface area is 454 Å². The number of amides is 2. The summed E-state index contributed by atoms with van der Waals surface area (Å²) in [6, 6.07) is 22.6. The van der Waals surface area contributed by atoms with Gasteiger partial charge >= 0.3 is 0 Å². The van der Waals surface area contributed by atoms with Crippen molar-refractivity contribution in [3.05, 3.63) is 102 Å². The van der Waals surface area contributed by atoms with E-state index in [0.29, 0.717) is 65.1 Å². The zero-order chi connectivity index (χ0) is 53.3. The number of anilines is 3. The molecule has 0 spiro atoms. The van der Waals surface area contributed by atoms with Crippen molar-refractivity contribution in [2.24, 2.45) is 17.8 Å². The normalized spacial score (nSPS) is 23.5. The van der Waals surface area contributed by atoms with Gasteiger partial charge < -0.3 is 54.9 Å². The van der Waals surface area contributed by atoms with Gasteiger partial charge in [-0.25, -0.2) is 9.97 Å². The molecule has 2 aromatic carbocycles. The number of carbonyl (C=O) groups excluding carboxylic acids is 2. The Morgan fingerprint density at radius 1 is 0.896 bits per heavy atom. The van der Waals surface area contributed by atoms with Gasteiger partial charge in [-0.05, 0) is 130 Å². The second-order valence-electron chi connectivity index (χ2n) is 22.3. The molecule has 6 aromatic rings. The number of piperidine rings is 1. The third kappa shape index (κ3) is 11.4. The number of hydrogen-bond acceptors (Lipinski definition) is 17. The van der Waals surface area contributed by atoms with Crippen LogP contribution in [0.4, 0.5) is 17.2 Å². The summed E-state index contributed by atoms with van der Waals surface area (Å²) in [7, 11) is 0. The standard InChI is InChI=1S/C58H71N11O7S/c1-34(2)54(58(73)68-32-44(70)26-49(68)57(72)62-35(3)39-9-11-40(12-10-39)55-36(4)61-33-77-55)51-28-53(65-76-51)74-22-18-37-16-20-66(21-17-37)29-38-23-45(24-38)75-52-25-41(15-19-60-52)69-42-13-14-43(69)31-67(30-42)48-27-47(63-64-56(48)59)46-7-5-6-8-50(46)71/h5-12,15,19,25,27-28,33-35,37-38,42-45,49,54,70-71H,13-14,16-18,20-24,26,29-32H2,1-4H3,(H2,59,64)(H,62,72)/t35-,38?,42+,43?,44+,45?,49-,54+/m0/s1. The fourth-order valence-corrected chi connectivity index (χ4v) is 13.3. The molecule has 18 nitrogen and oxygen atoms in total. The van der Waals surface area contributed by atoms with Gasteiger partial charge in [0.2, 0.25) is 17.7 Å². The van der Waals surface area contributed by atoms with Crippen LogP contribution in [0, 0.1) is 24.7 Å². The lowest BCUT2D eigenvalue weighted by Gasteiger charge is -2.43. The Morgan fingerprint density at radius 3 is 2.39 bits per heavy atom. The fraction of sp³-hybridized carbons (Fsp3) is 0.500. The maximum Gasteiger partial charge on any atom is 0.254 e. The van der Waals surface area contributed by atoms with Crippen LogP contribution in [0.2, 0.25) is 0 Å². The van der Waals surface area contributed by atoms with Crippen molar-refractivity contribution in [3.8, 4) is 39.2 Å². The van der Waals surface area contributed by atoms with E-state index in [1.54, 1.807) is 29.5 Å². The SMILES string of the molecule is Cc1ncsc1-c1ccc([C@H](C)NC(=O)[C@@H]2C[C@@H](O)CN2C(=O)[C@@H](c2cc(OCCC3CCN(CC4CC(Oc5cc(N6C7CC[C@@H]6CN(c6cc(-c8ccccc8O)nnc6N)C7)ccn5)C4)CC3)no2)C(C)C)cc1. The molecule has 77 heavy (non-hydrogen) atoms. The van der Waals surface area contributed by atoms with Crippen LogP contribution in [0.5, 0.6) is 17.5 Å². The van der Waals surface area contributed by atoms with Crippen LogP contribution in [-0.2, 0) is 9.59 Å². The number of aromatic nitrogens is 5. The average molecular weight is 1070 g/mol. The molecule has 5 fully saturated rings. The number of para-hydroxylation sites is 1. The predicted octanol–water partition coefficient (Wildman–Crippen LogP) is 8.02. The number of ether oxygens (including phenoxy) is 2. The third-order valence-corrected chi connectivity index (χ3v) is 17.7. The molecule has 0 radical (unpaired) electrons. The Hall–Kier alpha value is -6.83. The van der Waals surface area contributed by atoms with E-state index in [1.165, 1.54) is 4.90 Å². The van der Waals surface area contributed by atoms with Crippen molar-refractivity contribution >= 4 is 40.3 Å². The third-order valence-electron chi connectivity index (χ3n) is 16.7. The zero-order valence-corrected chi connectivity index (χ0v) is 45.2. The summed E-state index contributed by atoms with van der Waals surface area (Å²) in [6.07, 6.45) is 8.71.